The predicted molar refractivity (Wildman–Crippen MR) is 92.6 cm³/mol. The Labute approximate surface area is 147 Å². The van der Waals surface area contributed by atoms with Crippen molar-refractivity contribution in [1.82, 2.24) is 4.90 Å². The molecule has 25 heavy (non-hydrogen) atoms. The predicted octanol–water partition coefficient (Wildman–Crippen LogP) is 2.97. The Morgan fingerprint density at radius 2 is 1.96 bits per heavy atom. The van der Waals surface area contributed by atoms with Crippen molar-refractivity contribution in [3.05, 3.63) is 53.0 Å². The number of furan rings is 1. The molecule has 2 rings (SSSR count). The molecule has 0 saturated heterocycles. The summed E-state index contributed by atoms with van der Waals surface area (Å²) < 4.78 is 15.9. The standard InChI is InChI=1S/C19H23NO5/c1-5-14-8-6-7-9-17(14)24-12-18(21)20(3)11-15-10-16(13(2)25-15)19(22)23-4/h6-10H,5,11-12H2,1-4H3. The van der Waals surface area contributed by atoms with Gasteiger partial charge in [-0.2, -0.15) is 0 Å². The smallest absolute Gasteiger partial charge is 0.341 e. The minimum Gasteiger partial charge on any atom is -0.483 e. The zero-order chi connectivity index (χ0) is 18.4. The van der Waals surface area contributed by atoms with Crippen LogP contribution in [0.3, 0.4) is 0 Å². The van der Waals surface area contributed by atoms with Gasteiger partial charge < -0.3 is 18.8 Å². The van der Waals surface area contributed by atoms with Gasteiger partial charge in [0.15, 0.2) is 6.61 Å². The van der Waals surface area contributed by atoms with Crippen LogP contribution in [0.1, 0.15) is 34.4 Å². The van der Waals surface area contributed by atoms with Crippen LogP contribution in [0, 0.1) is 6.92 Å². The van der Waals surface area contributed by atoms with E-state index < -0.39 is 5.97 Å². The van der Waals surface area contributed by atoms with Crippen molar-refractivity contribution in [3.63, 3.8) is 0 Å². The molecule has 1 aromatic carbocycles. The number of aryl methyl sites for hydroxylation is 2. The van der Waals surface area contributed by atoms with E-state index >= 15 is 0 Å². The van der Waals surface area contributed by atoms with Crippen LogP contribution >= 0.6 is 0 Å². The molecule has 1 heterocycles. The topological polar surface area (TPSA) is 69.0 Å². The van der Waals surface area contributed by atoms with Gasteiger partial charge in [0.05, 0.1) is 13.7 Å². The Morgan fingerprint density at radius 1 is 1.24 bits per heavy atom. The first-order valence-electron chi connectivity index (χ1n) is 8.08. The van der Waals surface area contributed by atoms with Crippen LogP contribution in [0.4, 0.5) is 0 Å². The second-order valence-corrected chi connectivity index (χ2v) is 5.67. The van der Waals surface area contributed by atoms with Crippen LogP contribution < -0.4 is 4.74 Å². The number of benzene rings is 1. The quantitative estimate of drug-likeness (QED) is 0.722. The molecule has 0 aliphatic rings. The highest BCUT2D eigenvalue weighted by molar-refractivity contribution is 5.90. The number of carbonyl (C=O) groups excluding carboxylic acids is 2. The highest BCUT2D eigenvalue weighted by Gasteiger charge is 2.18. The molecule has 0 bridgehead atoms. The third-order valence-electron chi connectivity index (χ3n) is 3.90. The molecule has 2 aromatic rings. The third kappa shape index (κ3) is 4.62. The van der Waals surface area contributed by atoms with E-state index in [2.05, 4.69) is 0 Å². The van der Waals surface area contributed by atoms with E-state index in [0.29, 0.717) is 22.8 Å². The molecule has 0 spiro atoms. The molecule has 0 unspecified atom stereocenters. The van der Waals surface area contributed by atoms with Crippen molar-refractivity contribution in [2.24, 2.45) is 0 Å². The second kappa shape index (κ2) is 8.37. The lowest BCUT2D eigenvalue weighted by Crippen LogP contribution is -2.30. The number of hydrogen-bond donors (Lipinski definition) is 0. The lowest BCUT2D eigenvalue weighted by Gasteiger charge is -2.17. The molecule has 0 N–H and O–H groups in total. The summed E-state index contributed by atoms with van der Waals surface area (Å²) in [6.07, 6.45) is 0.835. The number of nitrogens with zero attached hydrogens (tertiary/aromatic N) is 1. The van der Waals surface area contributed by atoms with Crippen LogP contribution in [0.25, 0.3) is 0 Å². The number of amides is 1. The first-order valence-corrected chi connectivity index (χ1v) is 8.08. The molecule has 0 aliphatic carbocycles. The van der Waals surface area contributed by atoms with Crippen molar-refractivity contribution in [2.45, 2.75) is 26.8 Å². The zero-order valence-corrected chi connectivity index (χ0v) is 15.0. The Balaban J connectivity index is 1.95. The van der Waals surface area contributed by atoms with E-state index in [9.17, 15) is 9.59 Å². The minimum absolute atomic E-state index is 0.0585. The number of carbonyl (C=O) groups is 2. The fraction of sp³-hybridized carbons (Fsp3) is 0.368. The Hall–Kier alpha value is -2.76. The normalized spacial score (nSPS) is 10.4. The molecule has 0 saturated carbocycles. The third-order valence-corrected chi connectivity index (χ3v) is 3.90. The van der Waals surface area contributed by atoms with Crippen molar-refractivity contribution < 1.29 is 23.5 Å². The molecule has 0 radical (unpaired) electrons. The van der Waals surface area contributed by atoms with Gasteiger partial charge in [0.1, 0.15) is 22.8 Å². The van der Waals surface area contributed by atoms with E-state index in [0.717, 1.165) is 12.0 Å². The first-order chi connectivity index (χ1) is 12.0. The maximum absolute atomic E-state index is 12.3. The minimum atomic E-state index is -0.457. The molecule has 0 atom stereocenters. The summed E-state index contributed by atoms with van der Waals surface area (Å²) in [7, 11) is 2.97. The van der Waals surface area contributed by atoms with Crippen molar-refractivity contribution in [3.8, 4) is 5.75 Å². The van der Waals surface area contributed by atoms with Crippen LogP contribution in [0.5, 0.6) is 5.75 Å². The maximum Gasteiger partial charge on any atom is 0.341 e. The summed E-state index contributed by atoms with van der Waals surface area (Å²) in [4.78, 5) is 25.4. The SMILES string of the molecule is CCc1ccccc1OCC(=O)N(C)Cc1cc(C(=O)OC)c(C)o1. The molecular weight excluding hydrogens is 322 g/mol. The number of ether oxygens (including phenoxy) is 2. The zero-order valence-electron chi connectivity index (χ0n) is 15.0. The van der Waals surface area contributed by atoms with Gasteiger partial charge in [0.2, 0.25) is 0 Å². The van der Waals surface area contributed by atoms with E-state index in [1.807, 2.05) is 31.2 Å². The van der Waals surface area contributed by atoms with Gasteiger partial charge in [0.25, 0.3) is 5.91 Å². The molecule has 6 nitrogen and oxygen atoms in total. The second-order valence-electron chi connectivity index (χ2n) is 5.67. The fourth-order valence-corrected chi connectivity index (χ4v) is 2.44. The summed E-state index contributed by atoms with van der Waals surface area (Å²) in [6, 6.07) is 9.24. The first kappa shape index (κ1) is 18.6. The number of methoxy groups -OCH3 is 1. The van der Waals surface area contributed by atoms with Crippen LogP contribution in [-0.4, -0.2) is 37.5 Å². The number of likely N-dealkylation sites (N-methyl/N-ethyl adjacent to an activating group) is 1. The number of hydrogen-bond acceptors (Lipinski definition) is 5. The average molecular weight is 345 g/mol. The molecular formula is C19H23NO5. The summed E-state index contributed by atoms with van der Waals surface area (Å²) in [5.41, 5.74) is 1.42. The maximum atomic E-state index is 12.3. The molecule has 1 amide bonds. The summed E-state index contributed by atoms with van der Waals surface area (Å²) >= 11 is 0. The van der Waals surface area contributed by atoms with E-state index in [1.54, 1.807) is 20.0 Å². The Morgan fingerprint density at radius 3 is 2.64 bits per heavy atom. The summed E-state index contributed by atoms with van der Waals surface area (Å²) in [5.74, 6) is 1.06. The highest BCUT2D eigenvalue weighted by Crippen LogP contribution is 2.19. The van der Waals surface area contributed by atoms with Crippen molar-refractivity contribution >= 4 is 11.9 Å². The fourth-order valence-electron chi connectivity index (χ4n) is 2.44. The van der Waals surface area contributed by atoms with Gasteiger partial charge in [-0.3, -0.25) is 4.79 Å². The number of esters is 1. The van der Waals surface area contributed by atoms with Gasteiger partial charge in [-0.15, -0.1) is 0 Å². The van der Waals surface area contributed by atoms with Gasteiger partial charge in [0, 0.05) is 7.05 Å². The van der Waals surface area contributed by atoms with E-state index in [1.165, 1.54) is 12.0 Å². The van der Waals surface area contributed by atoms with Crippen LogP contribution in [-0.2, 0) is 22.5 Å². The number of rotatable bonds is 7. The lowest BCUT2D eigenvalue weighted by molar-refractivity contribution is -0.132. The molecule has 0 fully saturated rings. The monoisotopic (exact) mass is 345 g/mol. The van der Waals surface area contributed by atoms with E-state index in [-0.39, 0.29) is 19.1 Å². The molecule has 1 aromatic heterocycles. The average Bonchev–Trinajstić information content (AvgIpc) is 2.99. The van der Waals surface area contributed by atoms with Gasteiger partial charge in [-0.1, -0.05) is 25.1 Å². The highest BCUT2D eigenvalue weighted by atomic mass is 16.5. The van der Waals surface area contributed by atoms with Gasteiger partial charge >= 0.3 is 5.97 Å². The van der Waals surface area contributed by atoms with Gasteiger partial charge in [-0.05, 0) is 31.0 Å². The summed E-state index contributed by atoms with van der Waals surface area (Å²) in [5, 5.41) is 0. The van der Waals surface area contributed by atoms with Crippen LogP contribution in [0.2, 0.25) is 0 Å². The molecule has 0 aliphatic heterocycles. The Kier molecular flexibility index (Phi) is 6.22. The molecule has 134 valence electrons. The lowest BCUT2D eigenvalue weighted by atomic mass is 10.1. The Bertz CT molecular complexity index is 750. The summed E-state index contributed by atoms with van der Waals surface area (Å²) in [6.45, 7) is 3.91. The van der Waals surface area contributed by atoms with Gasteiger partial charge in [-0.25, -0.2) is 4.79 Å². The molecule has 6 heteroatoms. The van der Waals surface area contributed by atoms with E-state index in [4.69, 9.17) is 13.9 Å². The van der Waals surface area contributed by atoms with Crippen molar-refractivity contribution in [2.75, 3.05) is 20.8 Å². The van der Waals surface area contributed by atoms with Crippen LogP contribution in [0.15, 0.2) is 34.7 Å². The number of para-hydroxylation sites is 1. The largest absolute Gasteiger partial charge is 0.483 e. The van der Waals surface area contributed by atoms with Crippen molar-refractivity contribution in [1.29, 1.82) is 0 Å².